The number of hydrogen-bond acceptors (Lipinski definition) is 0. The molecule has 0 radical (unpaired) electrons. The molecular formula is C54H35N3. The molecule has 3 heteroatoms. The van der Waals surface area contributed by atoms with Gasteiger partial charge in [0, 0.05) is 49.4 Å². The van der Waals surface area contributed by atoms with Crippen LogP contribution in [0.1, 0.15) is 0 Å². The van der Waals surface area contributed by atoms with Crippen molar-refractivity contribution in [2.45, 2.75) is 0 Å². The lowest BCUT2D eigenvalue weighted by atomic mass is 9.90. The molecule has 0 aliphatic rings. The van der Waals surface area contributed by atoms with Crippen molar-refractivity contribution in [3.8, 4) is 39.3 Å². The minimum atomic E-state index is 1.14. The number of fused-ring (bicyclic) bond motifs is 9. The van der Waals surface area contributed by atoms with Crippen LogP contribution in [0.4, 0.5) is 0 Å². The third kappa shape index (κ3) is 4.73. The highest BCUT2D eigenvalue weighted by Crippen LogP contribution is 2.46. The van der Waals surface area contributed by atoms with Gasteiger partial charge in [0.2, 0.25) is 0 Å². The van der Waals surface area contributed by atoms with E-state index < -0.39 is 0 Å². The van der Waals surface area contributed by atoms with Crippen LogP contribution in [0.5, 0.6) is 0 Å². The van der Waals surface area contributed by atoms with Gasteiger partial charge in [0.15, 0.2) is 0 Å². The maximum absolute atomic E-state index is 2.47. The summed E-state index contributed by atoms with van der Waals surface area (Å²) in [6.45, 7) is 0. The maximum atomic E-state index is 2.47. The van der Waals surface area contributed by atoms with E-state index in [1.807, 2.05) is 0 Å². The largest absolute Gasteiger partial charge is 0.309 e. The first kappa shape index (κ1) is 31.7. The van der Waals surface area contributed by atoms with E-state index in [0.717, 1.165) is 17.1 Å². The highest BCUT2D eigenvalue weighted by molar-refractivity contribution is 6.20. The van der Waals surface area contributed by atoms with Crippen molar-refractivity contribution in [2.75, 3.05) is 0 Å². The molecule has 12 aromatic rings. The molecule has 12 rings (SSSR count). The van der Waals surface area contributed by atoms with E-state index in [-0.39, 0.29) is 0 Å². The van der Waals surface area contributed by atoms with Crippen LogP contribution in [-0.2, 0) is 0 Å². The van der Waals surface area contributed by atoms with Gasteiger partial charge in [0.25, 0.3) is 0 Å². The van der Waals surface area contributed by atoms with Crippen LogP contribution in [0, 0.1) is 0 Å². The van der Waals surface area contributed by atoms with Crippen LogP contribution in [0.15, 0.2) is 212 Å². The second-order valence-electron chi connectivity index (χ2n) is 14.9. The molecule has 3 aromatic heterocycles. The third-order valence-electron chi connectivity index (χ3n) is 11.8. The Morgan fingerprint density at radius 2 is 0.719 bits per heavy atom. The Labute approximate surface area is 329 Å². The molecule has 9 aromatic carbocycles. The Hall–Kier alpha value is -7.62. The standard InChI is InChI=1S/C54H35N3/c1-4-16-36(17-5-1)41-31-33-51-54(45-24-12-15-27-49(45)56(51)39-20-8-3-9-21-39)53(41)37-28-30-44-42-22-10-13-25-47(42)57(52(44)34-37)40-29-32-50-46(35-40)43-23-11-14-26-48(43)55(50)38-18-6-2-7-19-38/h1-35H. The quantitative estimate of drug-likeness (QED) is 0.168. The number of aromatic nitrogens is 3. The van der Waals surface area contributed by atoms with Gasteiger partial charge in [-0.25, -0.2) is 0 Å². The molecule has 57 heavy (non-hydrogen) atoms. The molecule has 0 unspecified atom stereocenters. The van der Waals surface area contributed by atoms with Crippen molar-refractivity contribution in [3.05, 3.63) is 212 Å². The fourth-order valence-electron chi connectivity index (χ4n) is 9.43. The lowest BCUT2D eigenvalue weighted by molar-refractivity contribution is 1.17. The Morgan fingerprint density at radius 1 is 0.246 bits per heavy atom. The van der Waals surface area contributed by atoms with E-state index in [1.165, 1.54) is 87.7 Å². The molecular weight excluding hydrogens is 691 g/mol. The minimum Gasteiger partial charge on any atom is -0.309 e. The zero-order chi connectivity index (χ0) is 37.5. The van der Waals surface area contributed by atoms with Gasteiger partial charge < -0.3 is 13.7 Å². The lowest BCUT2D eigenvalue weighted by Crippen LogP contribution is -1.96. The number of hydrogen-bond donors (Lipinski definition) is 0. The summed E-state index contributed by atoms with van der Waals surface area (Å²) in [5, 5.41) is 7.46. The van der Waals surface area contributed by atoms with Crippen molar-refractivity contribution in [1.29, 1.82) is 0 Å². The highest BCUT2D eigenvalue weighted by Gasteiger charge is 2.22. The summed E-state index contributed by atoms with van der Waals surface area (Å²) in [5.41, 5.74) is 15.5. The summed E-state index contributed by atoms with van der Waals surface area (Å²) >= 11 is 0. The summed E-state index contributed by atoms with van der Waals surface area (Å²) in [5.74, 6) is 0. The Kier molecular flexibility index (Phi) is 6.93. The first-order chi connectivity index (χ1) is 28.3. The van der Waals surface area contributed by atoms with Crippen molar-refractivity contribution < 1.29 is 0 Å². The van der Waals surface area contributed by atoms with Crippen LogP contribution in [0.3, 0.4) is 0 Å². The lowest BCUT2D eigenvalue weighted by Gasteiger charge is -2.15. The van der Waals surface area contributed by atoms with E-state index in [4.69, 9.17) is 0 Å². The van der Waals surface area contributed by atoms with Gasteiger partial charge >= 0.3 is 0 Å². The molecule has 0 atom stereocenters. The van der Waals surface area contributed by atoms with Gasteiger partial charge in [-0.1, -0.05) is 140 Å². The summed E-state index contributed by atoms with van der Waals surface area (Å²) in [4.78, 5) is 0. The van der Waals surface area contributed by atoms with Crippen LogP contribution in [-0.4, -0.2) is 13.7 Å². The van der Waals surface area contributed by atoms with Gasteiger partial charge in [-0.05, 0) is 95.1 Å². The predicted octanol–water partition coefficient (Wildman–Crippen LogP) is 14.3. The van der Waals surface area contributed by atoms with Gasteiger partial charge in [0.05, 0.1) is 33.1 Å². The van der Waals surface area contributed by atoms with Crippen LogP contribution in [0.2, 0.25) is 0 Å². The molecule has 0 saturated heterocycles. The number of para-hydroxylation sites is 5. The minimum absolute atomic E-state index is 1.14. The smallest absolute Gasteiger partial charge is 0.0547 e. The Bertz CT molecular complexity index is 3500. The molecule has 3 heterocycles. The van der Waals surface area contributed by atoms with Gasteiger partial charge in [-0.15, -0.1) is 0 Å². The van der Waals surface area contributed by atoms with E-state index in [9.17, 15) is 0 Å². The molecule has 0 aliphatic carbocycles. The van der Waals surface area contributed by atoms with Gasteiger partial charge in [-0.2, -0.15) is 0 Å². The van der Waals surface area contributed by atoms with Gasteiger partial charge in [-0.3, -0.25) is 0 Å². The maximum Gasteiger partial charge on any atom is 0.0547 e. The predicted molar refractivity (Wildman–Crippen MR) is 240 cm³/mol. The highest BCUT2D eigenvalue weighted by atomic mass is 15.0. The average molecular weight is 726 g/mol. The van der Waals surface area contributed by atoms with Crippen LogP contribution in [0.25, 0.3) is 105 Å². The summed E-state index contributed by atoms with van der Waals surface area (Å²) in [6, 6.07) is 77.5. The van der Waals surface area contributed by atoms with Crippen LogP contribution < -0.4 is 0 Å². The fourth-order valence-corrected chi connectivity index (χ4v) is 9.43. The summed E-state index contributed by atoms with van der Waals surface area (Å²) in [7, 11) is 0. The SMILES string of the molecule is c1ccc(-c2ccc3c(c2-c2ccc4c5ccccc5n(-c5ccc6c(c5)c5ccccc5n6-c5ccccc5)c4c2)c2ccccc2n3-c2ccccc2)cc1. The number of rotatable bonds is 5. The van der Waals surface area contributed by atoms with Crippen molar-refractivity contribution >= 4 is 65.4 Å². The zero-order valence-corrected chi connectivity index (χ0v) is 31.0. The summed E-state index contributed by atoms with van der Waals surface area (Å²) < 4.78 is 7.27. The molecule has 0 N–H and O–H groups in total. The molecule has 3 nitrogen and oxygen atoms in total. The van der Waals surface area contributed by atoms with E-state index in [1.54, 1.807) is 0 Å². The van der Waals surface area contributed by atoms with Gasteiger partial charge in [0.1, 0.15) is 0 Å². The van der Waals surface area contributed by atoms with Crippen molar-refractivity contribution in [3.63, 3.8) is 0 Å². The molecule has 0 spiro atoms. The second kappa shape index (κ2) is 12.5. The molecule has 0 bridgehead atoms. The van der Waals surface area contributed by atoms with Crippen molar-refractivity contribution in [2.24, 2.45) is 0 Å². The Morgan fingerprint density at radius 3 is 1.39 bits per heavy atom. The van der Waals surface area contributed by atoms with E-state index >= 15 is 0 Å². The molecule has 266 valence electrons. The van der Waals surface area contributed by atoms with Crippen molar-refractivity contribution in [1.82, 2.24) is 13.7 Å². The first-order valence-corrected chi connectivity index (χ1v) is 19.6. The van der Waals surface area contributed by atoms with E-state index in [0.29, 0.717) is 0 Å². The fraction of sp³-hybridized carbons (Fsp3) is 0. The molecule has 0 saturated carbocycles. The Balaban J connectivity index is 1.17. The molecule has 0 amide bonds. The normalized spacial score (nSPS) is 11.9. The molecule has 0 fully saturated rings. The summed E-state index contributed by atoms with van der Waals surface area (Å²) in [6.07, 6.45) is 0. The zero-order valence-electron chi connectivity index (χ0n) is 31.0. The molecule has 0 aliphatic heterocycles. The topological polar surface area (TPSA) is 14.8 Å². The third-order valence-corrected chi connectivity index (χ3v) is 11.8. The van der Waals surface area contributed by atoms with E-state index in [2.05, 4.69) is 226 Å². The number of nitrogens with zero attached hydrogens (tertiary/aromatic N) is 3. The first-order valence-electron chi connectivity index (χ1n) is 19.6. The number of benzene rings is 9. The second-order valence-corrected chi connectivity index (χ2v) is 14.9. The van der Waals surface area contributed by atoms with Crippen LogP contribution >= 0.6 is 0 Å². The average Bonchev–Trinajstić information content (AvgIpc) is 3.92. The monoisotopic (exact) mass is 725 g/mol.